The maximum Gasteiger partial charge on any atom is 0.232 e. The number of benzene rings is 1. The normalized spacial score (nSPS) is 19.3. The molecule has 0 bridgehead atoms. The maximum atomic E-state index is 13.1. The second-order valence-electron chi connectivity index (χ2n) is 10.8. The highest BCUT2D eigenvalue weighted by Crippen LogP contribution is 2.34. The predicted molar refractivity (Wildman–Crippen MR) is 182 cm³/mol. The summed E-state index contributed by atoms with van der Waals surface area (Å²) in [5, 5.41) is 12.5. The van der Waals surface area contributed by atoms with Gasteiger partial charge in [0.05, 0.1) is 37.7 Å². The number of nitrogens with one attached hydrogen (secondary N) is 1. The minimum atomic E-state index is 0.0925. The van der Waals surface area contributed by atoms with Gasteiger partial charge in [0.2, 0.25) is 5.91 Å². The van der Waals surface area contributed by atoms with E-state index in [1.54, 1.807) is 11.3 Å². The number of amides is 1. The maximum absolute atomic E-state index is 13.1. The fourth-order valence-corrected chi connectivity index (χ4v) is 6.73. The van der Waals surface area contributed by atoms with Gasteiger partial charge in [-0.25, -0.2) is 4.98 Å². The number of piperidine rings is 1. The molecular formula is C36H56N4O2S+2. The summed E-state index contributed by atoms with van der Waals surface area (Å²) in [4.78, 5) is 22.5. The van der Waals surface area contributed by atoms with E-state index in [1.165, 1.54) is 54.7 Å². The van der Waals surface area contributed by atoms with Crippen LogP contribution in [-0.4, -0.2) is 67.3 Å². The molecule has 1 aliphatic carbocycles. The summed E-state index contributed by atoms with van der Waals surface area (Å²) in [5.41, 5.74) is 1.13. The van der Waals surface area contributed by atoms with Crippen LogP contribution in [0.1, 0.15) is 79.3 Å². The summed E-state index contributed by atoms with van der Waals surface area (Å²) >= 11 is 1.76. The van der Waals surface area contributed by atoms with E-state index in [4.69, 9.17) is 10.1 Å². The van der Waals surface area contributed by atoms with Crippen LogP contribution in [0.15, 0.2) is 36.4 Å². The predicted octanol–water partition coefficient (Wildman–Crippen LogP) is 3.52. The number of aromatic nitrogens is 1. The Hall–Kier alpha value is -3.12. The summed E-state index contributed by atoms with van der Waals surface area (Å²) in [6.45, 7) is 7.54. The van der Waals surface area contributed by atoms with E-state index in [0.717, 1.165) is 62.8 Å². The van der Waals surface area contributed by atoms with Gasteiger partial charge in [0.25, 0.3) is 0 Å². The molecule has 1 aromatic carbocycles. The van der Waals surface area contributed by atoms with Gasteiger partial charge in [-0.3, -0.25) is 4.79 Å². The van der Waals surface area contributed by atoms with Crippen molar-refractivity contribution in [2.75, 3.05) is 46.4 Å². The molecular weight excluding hydrogens is 552 g/mol. The second-order valence-corrected chi connectivity index (χ2v) is 12.0. The van der Waals surface area contributed by atoms with Crippen molar-refractivity contribution in [1.29, 1.82) is 0 Å². The Bertz CT molecular complexity index is 955. The van der Waals surface area contributed by atoms with Crippen LogP contribution in [0.25, 0.3) is 0 Å². The highest BCUT2D eigenvalue weighted by molar-refractivity contribution is 7.11. The molecule has 3 fully saturated rings. The fraction of sp³-hybridized carbons (Fsp3) is 0.556. The molecule has 2 saturated heterocycles. The number of aryl methyl sites for hydroxylation is 1. The molecule has 1 aromatic heterocycles. The number of carbonyl (C=O) groups excluding carboxylic acids is 1. The lowest BCUT2D eigenvalue weighted by molar-refractivity contribution is -0.894. The van der Waals surface area contributed by atoms with Crippen LogP contribution in [0.2, 0.25) is 0 Å². The van der Waals surface area contributed by atoms with Gasteiger partial charge >= 0.3 is 0 Å². The number of nitrogens with zero attached hydrogens (tertiary/aromatic N) is 2. The Morgan fingerprint density at radius 1 is 0.884 bits per heavy atom. The average molecular weight is 609 g/mol. The van der Waals surface area contributed by atoms with Crippen LogP contribution in [0.5, 0.6) is 0 Å². The number of rotatable bonds is 6. The molecule has 1 amide bonds. The van der Waals surface area contributed by atoms with Crippen LogP contribution < -0.4 is 10.2 Å². The Labute approximate surface area is 266 Å². The van der Waals surface area contributed by atoms with Gasteiger partial charge in [-0.15, -0.1) is 49.9 Å². The average Bonchev–Trinajstić information content (AvgIpc) is 3.72. The number of likely N-dealkylation sites (N-methyl/N-ethyl adjacent to an activating group) is 1. The van der Waals surface area contributed by atoms with Gasteiger partial charge in [0, 0.05) is 18.0 Å². The minimum absolute atomic E-state index is 0.0925. The standard InChI is InChI=1S/C18H30N4O2S.C6H12.C6H6.3C2H2/c1-13-20-16(12-21(2)8-9-23)17(25-13)14-10-19-11-15(14)18(24)22-6-4-3-5-7-22;2*1-2-4-6-5-3-1;3*1-2/h14-15,19,23H,3-12H2,1-2H3;1-6H2;1-6H;3*1-2H/p+2/t14-,15?;;;;;/m1...../s1. The van der Waals surface area contributed by atoms with Crippen LogP contribution >= 0.6 is 11.3 Å². The number of quaternary nitrogens is 2. The topological polar surface area (TPSA) is 74.5 Å². The van der Waals surface area contributed by atoms with E-state index in [-0.39, 0.29) is 18.4 Å². The molecule has 0 spiro atoms. The largest absolute Gasteiger partial charge is 0.391 e. The molecule has 4 N–H and O–H groups in total. The first kappa shape index (κ1) is 39.9. The molecule has 7 heteroatoms. The van der Waals surface area contributed by atoms with Crippen molar-refractivity contribution in [2.24, 2.45) is 5.92 Å². The molecule has 236 valence electrons. The third-order valence-electron chi connectivity index (χ3n) is 7.66. The number of thiazole rings is 1. The van der Waals surface area contributed by atoms with Crippen molar-refractivity contribution in [2.45, 2.75) is 77.2 Å². The first-order valence-corrected chi connectivity index (χ1v) is 16.4. The Morgan fingerprint density at radius 2 is 1.35 bits per heavy atom. The van der Waals surface area contributed by atoms with Gasteiger partial charge < -0.3 is 20.2 Å². The number of nitrogens with two attached hydrogens (primary N) is 1. The van der Waals surface area contributed by atoms with Crippen molar-refractivity contribution >= 4 is 17.2 Å². The zero-order valence-electron chi connectivity index (χ0n) is 26.6. The summed E-state index contributed by atoms with van der Waals surface area (Å²) in [7, 11) is 2.09. The SMILES string of the molecule is C#C.C#C.C#C.C1CCCCC1.Cc1nc(C[NH+](C)CCO)c([C@@H]2C[NH2+]CC2C(=O)N2CCCCC2)s1.c1ccccc1. The Kier molecular flexibility index (Phi) is 24.6. The molecule has 43 heavy (non-hydrogen) atoms. The number of carbonyl (C=O) groups is 1. The van der Waals surface area contributed by atoms with E-state index in [1.807, 2.05) is 36.4 Å². The zero-order chi connectivity index (χ0) is 32.3. The zero-order valence-corrected chi connectivity index (χ0v) is 27.4. The lowest BCUT2D eigenvalue weighted by atomic mass is 9.91. The third-order valence-corrected chi connectivity index (χ3v) is 8.80. The molecule has 0 radical (unpaired) electrons. The Balaban J connectivity index is 0.000000797. The highest BCUT2D eigenvalue weighted by atomic mass is 32.1. The molecule has 1 saturated carbocycles. The van der Waals surface area contributed by atoms with Gasteiger partial charge in [-0.2, -0.15) is 0 Å². The van der Waals surface area contributed by atoms with Crippen molar-refractivity contribution in [3.8, 4) is 38.5 Å². The summed E-state index contributed by atoms with van der Waals surface area (Å²) < 4.78 is 0. The van der Waals surface area contributed by atoms with Gasteiger partial charge in [-0.05, 0) is 26.2 Å². The van der Waals surface area contributed by atoms with Crippen LogP contribution in [0.3, 0.4) is 0 Å². The van der Waals surface area contributed by atoms with E-state index >= 15 is 0 Å². The van der Waals surface area contributed by atoms with Crippen molar-refractivity contribution in [3.05, 3.63) is 52.0 Å². The van der Waals surface area contributed by atoms with Crippen molar-refractivity contribution < 1.29 is 20.1 Å². The van der Waals surface area contributed by atoms with E-state index in [2.05, 4.69) is 62.7 Å². The van der Waals surface area contributed by atoms with Crippen LogP contribution in [0.4, 0.5) is 0 Å². The van der Waals surface area contributed by atoms with E-state index in [0.29, 0.717) is 5.91 Å². The lowest BCUT2D eigenvalue weighted by Gasteiger charge is -2.29. The number of hydrogen-bond acceptors (Lipinski definition) is 4. The number of terminal acetylenes is 3. The van der Waals surface area contributed by atoms with Crippen molar-refractivity contribution in [1.82, 2.24) is 9.88 Å². The third kappa shape index (κ3) is 15.8. The molecule has 2 aromatic rings. The number of aliphatic hydroxyl groups is 1. The van der Waals surface area contributed by atoms with Crippen LogP contribution in [-0.2, 0) is 11.3 Å². The first-order valence-electron chi connectivity index (χ1n) is 15.6. The summed E-state index contributed by atoms with van der Waals surface area (Å²) in [6.07, 6.45) is 36.5. The van der Waals surface area contributed by atoms with Crippen molar-refractivity contribution in [3.63, 3.8) is 0 Å². The van der Waals surface area contributed by atoms with Gasteiger partial charge in [0.15, 0.2) is 0 Å². The molecule has 2 unspecified atom stereocenters. The molecule has 2 aliphatic heterocycles. The summed E-state index contributed by atoms with van der Waals surface area (Å²) in [5.74, 6) is 0.735. The monoisotopic (exact) mass is 608 g/mol. The Morgan fingerprint density at radius 3 is 1.81 bits per heavy atom. The van der Waals surface area contributed by atoms with Gasteiger partial charge in [-0.1, -0.05) is 74.9 Å². The van der Waals surface area contributed by atoms with Crippen LogP contribution in [0, 0.1) is 51.4 Å². The fourth-order valence-electron chi connectivity index (χ4n) is 5.61. The highest BCUT2D eigenvalue weighted by Gasteiger charge is 2.42. The molecule has 5 rings (SSSR count). The van der Waals surface area contributed by atoms with E-state index < -0.39 is 0 Å². The first-order chi connectivity index (χ1) is 21.1. The van der Waals surface area contributed by atoms with E-state index in [9.17, 15) is 4.79 Å². The minimum Gasteiger partial charge on any atom is -0.391 e. The second kappa shape index (κ2) is 26.5. The molecule has 3 aliphatic rings. The molecule has 6 nitrogen and oxygen atoms in total. The quantitative estimate of drug-likeness (QED) is 0.440. The lowest BCUT2D eigenvalue weighted by Crippen LogP contribution is -3.08. The smallest absolute Gasteiger partial charge is 0.232 e. The molecule has 3 heterocycles. The number of likely N-dealkylation sites (tertiary alicyclic amines) is 1. The molecule has 3 atom stereocenters. The number of hydrogen-bond donors (Lipinski definition) is 3. The van der Waals surface area contributed by atoms with Gasteiger partial charge in [0.1, 0.15) is 24.7 Å². The number of aliphatic hydroxyl groups excluding tert-OH is 1. The summed E-state index contributed by atoms with van der Waals surface area (Å²) in [6, 6.07) is 12.0.